The monoisotopic (exact) mass is 335 g/mol. The van der Waals surface area contributed by atoms with Crippen LogP contribution in [0.1, 0.15) is 22.8 Å². The fraction of sp³-hybridized carbons (Fsp3) is 0.188. The molecule has 0 bridgehead atoms. The van der Waals surface area contributed by atoms with Gasteiger partial charge in [-0.15, -0.1) is 0 Å². The molecule has 0 aliphatic carbocycles. The van der Waals surface area contributed by atoms with Gasteiger partial charge in [0.1, 0.15) is 0 Å². The molecule has 2 aromatic rings. The third-order valence-corrected chi connectivity index (χ3v) is 4.19. The zero-order chi connectivity index (χ0) is 16.7. The van der Waals surface area contributed by atoms with Gasteiger partial charge in [-0.3, -0.25) is 4.84 Å². The van der Waals surface area contributed by atoms with Crippen LogP contribution in [0.2, 0.25) is 0 Å². The summed E-state index contributed by atoms with van der Waals surface area (Å²) in [7, 11) is -4.00. The Morgan fingerprint density at radius 3 is 2.39 bits per heavy atom. The molecule has 1 N–H and O–H groups in total. The van der Waals surface area contributed by atoms with Crippen LogP contribution in [0.4, 0.5) is 0 Å². The highest BCUT2D eigenvalue weighted by Gasteiger charge is 2.23. The van der Waals surface area contributed by atoms with E-state index in [9.17, 15) is 13.2 Å². The summed E-state index contributed by atoms with van der Waals surface area (Å²) >= 11 is 0. The Hall–Kier alpha value is -2.22. The molecule has 0 heterocycles. The summed E-state index contributed by atoms with van der Waals surface area (Å²) in [4.78, 5) is 18.7. The minimum absolute atomic E-state index is 0.0369. The first-order chi connectivity index (χ1) is 11.0. The highest BCUT2D eigenvalue weighted by molar-refractivity contribution is 7.89. The van der Waals surface area contributed by atoms with Crippen molar-refractivity contribution in [1.29, 1.82) is 0 Å². The van der Waals surface area contributed by atoms with Crippen molar-refractivity contribution in [2.75, 3.05) is 6.61 Å². The highest BCUT2D eigenvalue weighted by Crippen LogP contribution is 2.16. The van der Waals surface area contributed by atoms with Gasteiger partial charge in [-0.25, -0.2) is 13.2 Å². The van der Waals surface area contributed by atoms with Gasteiger partial charge in [0.2, 0.25) is 0 Å². The van der Waals surface area contributed by atoms with E-state index in [-0.39, 0.29) is 23.7 Å². The van der Waals surface area contributed by atoms with Crippen LogP contribution < -0.4 is 4.89 Å². The van der Waals surface area contributed by atoms with Gasteiger partial charge < -0.3 is 4.74 Å². The fourth-order valence-corrected chi connectivity index (χ4v) is 2.89. The third-order valence-electron chi connectivity index (χ3n) is 2.92. The highest BCUT2D eigenvalue weighted by atomic mass is 32.2. The van der Waals surface area contributed by atoms with Gasteiger partial charge in [0.15, 0.2) is 0 Å². The maximum atomic E-state index is 12.3. The van der Waals surface area contributed by atoms with Crippen molar-refractivity contribution >= 4 is 16.0 Å². The predicted molar refractivity (Wildman–Crippen MR) is 84.0 cm³/mol. The van der Waals surface area contributed by atoms with E-state index in [1.54, 1.807) is 25.1 Å². The van der Waals surface area contributed by atoms with Crippen LogP contribution in [0, 0.1) is 0 Å². The van der Waals surface area contributed by atoms with Crippen LogP contribution in [-0.2, 0) is 26.2 Å². The van der Waals surface area contributed by atoms with E-state index in [2.05, 4.69) is 0 Å². The molecule has 0 aliphatic rings. The largest absolute Gasteiger partial charge is 0.462 e. The zero-order valence-corrected chi connectivity index (χ0v) is 13.4. The Morgan fingerprint density at radius 1 is 1.04 bits per heavy atom. The zero-order valence-electron chi connectivity index (χ0n) is 12.6. The first-order valence-corrected chi connectivity index (χ1v) is 8.46. The van der Waals surface area contributed by atoms with Crippen molar-refractivity contribution in [2.45, 2.75) is 18.4 Å². The number of benzene rings is 2. The lowest BCUT2D eigenvalue weighted by Gasteiger charge is -2.11. The maximum Gasteiger partial charge on any atom is 0.339 e. The number of esters is 1. The van der Waals surface area contributed by atoms with Crippen molar-refractivity contribution < 1.29 is 22.8 Å². The molecule has 0 unspecified atom stereocenters. The van der Waals surface area contributed by atoms with Gasteiger partial charge in [0, 0.05) is 0 Å². The summed E-state index contributed by atoms with van der Waals surface area (Å²) in [5, 5.41) is 0. The summed E-state index contributed by atoms with van der Waals surface area (Å²) in [6.45, 7) is 1.88. The SMILES string of the molecule is CCOC(=O)c1ccccc1S(=O)(=O)NOCc1ccccc1. The first-order valence-electron chi connectivity index (χ1n) is 6.98. The molecule has 0 radical (unpaired) electrons. The normalized spacial score (nSPS) is 11.2. The van der Waals surface area contributed by atoms with E-state index >= 15 is 0 Å². The molecule has 122 valence electrons. The number of sulfonamides is 1. The second-order valence-electron chi connectivity index (χ2n) is 4.58. The van der Waals surface area contributed by atoms with Crippen molar-refractivity contribution in [1.82, 2.24) is 4.89 Å². The van der Waals surface area contributed by atoms with Gasteiger partial charge in [0.25, 0.3) is 10.0 Å². The van der Waals surface area contributed by atoms with Gasteiger partial charge in [0.05, 0.1) is 23.7 Å². The molecule has 7 heteroatoms. The molecule has 0 aromatic heterocycles. The number of carbonyl (C=O) groups excluding carboxylic acids is 1. The molecule has 0 saturated heterocycles. The van der Waals surface area contributed by atoms with Gasteiger partial charge in [-0.1, -0.05) is 47.3 Å². The minimum atomic E-state index is -4.00. The first kappa shape index (κ1) is 17.1. The lowest BCUT2D eigenvalue weighted by Crippen LogP contribution is -2.26. The van der Waals surface area contributed by atoms with E-state index in [1.807, 2.05) is 23.1 Å². The average molecular weight is 335 g/mol. The fourth-order valence-electron chi connectivity index (χ4n) is 1.89. The number of hydrogen-bond acceptors (Lipinski definition) is 5. The molecule has 0 aliphatic heterocycles. The van der Waals surface area contributed by atoms with E-state index in [0.717, 1.165) is 5.56 Å². The van der Waals surface area contributed by atoms with Crippen LogP contribution in [0.5, 0.6) is 0 Å². The Kier molecular flexibility index (Phi) is 5.86. The standard InChI is InChI=1S/C16H17NO5S/c1-2-21-16(18)14-10-6-7-11-15(14)23(19,20)17-22-12-13-8-4-3-5-9-13/h3-11,17H,2,12H2,1H3. The second-order valence-corrected chi connectivity index (χ2v) is 6.19. The summed E-state index contributed by atoms with van der Waals surface area (Å²) < 4.78 is 29.5. The molecular formula is C16H17NO5S. The summed E-state index contributed by atoms with van der Waals surface area (Å²) in [6, 6.07) is 14.9. The maximum absolute atomic E-state index is 12.3. The number of hydrogen-bond donors (Lipinski definition) is 1. The predicted octanol–water partition coefficient (Wildman–Crippen LogP) is 2.27. The average Bonchev–Trinajstić information content (AvgIpc) is 2.56. The smallest absolute Gasteiger partial charge is 0.339 e. The van der Waals surface area contributed by atoms with E-state index in [1.165, 1.54) is 18.2 Å². The molecule has 23 heavy (non-hydrogen) atoms. The molecule has 2 rings (SSSR count). The molecule has 0 amide bonds. The molecule has 0 fully saturated rings. The van der Waals surface area contributed by atoms with Crippen LogP contribution in [0.15, 0.2) is 59.5 Å². The molecule has 0 spiro atoms. The lowest BCUT2D eigenvalue weighted by atomic mass is 10.2. The molecule has 0 saturated carbocycles. The van der Waals surface area contributed by atoms with Crippen LogP contribution >= 0.6 is 0 Å². The van der Waals surface area contributed by atoms with E-state index < -0.39 is 16.0 Å². The third kappa shape index (κ3) is 4.62. The number of ether oxygens (including phenoxy) is 1. The molecular weight excluding hydrogens is 318 g/mol. The molecule has 2 aromatic carbocycles. The van der Waals surface area contributed by atoms with E-state index in [0.29, 0.717) is 0 Å². The van der Waals surface area contributed by atoms with Crippen molar-refractivity contribution in [2.24, 2.45) is 0 Å². The van der Waals surface area contributed by atoms with Gasteiger partial charge in [-0.2, -0.15) is 0 Å². The van der Waals surface area contributed by atoms with Crippen molar-refractivity contribution in [3.63, 3.8) is 0 Å². The summed E-state index contributed by atoms with van der Waals surface area (Å²) in [5.41, 5.74) is 0.777. The summed E-state index contributed by atoms with van der Waals surface area (Å²) in [5.74, 6) is -0.698. The van der Waals surface area contributed by atoms with Gasteiger partial charge >= 0.3 is 5.97 Å². The lowest BCUT2D eigenvalue weighted by molar-refractivity contribution is 0.0520. The van der Waals surface area contributed by atoms with E-state index in [4.69, 9.17) is 9.57 Å². The molecule has 0 atom stereocenters. The molecule has 6 nitrogen and oxygen atoms in total. The van der Waals surface area contributed by atoms with Crippen LogP contribution in [0.25, 0.3) is 0 Å². The Morgan fingerprint density at radius 2 is 1.70 bits per heavy atom. The summed E-state index contributed by atoms with van der Waals surface area (Å²) in [6.07, 6.45) is 0. The Labute approximate surface area is 135 Å². The Balaban J connectivity index is 2.12. The van der Waals surface area contributed by atoms with Crippen molar-refractivity contribution in [3.05, 3.63) is 65.7 Å². The van der Waals surface area contributed by atoms with Crippen molar-refractivity contribution in [3.8, 4) is 0 Å². The topological polar surface area (TPSA) is 81.7 Å². The second kappa shape index (κ2) is 7.87. The number of carbonyl (C=O) groups is 1. The van der Waals surface area contributed by atoms with Crippen LogP contribution in [-0.4, -0.2) is 21.0 Å². The number of nitrogens with one attached hydrogen (secondary N) is 1. The quantitative estimate of drug-likeness (QED) is 0.620. The van der Waals surface area contributed by atoms with Crippen LogP contribution in [0.3, 0.4) is 0 Å². The Bertz CT molecular complexity index is 759. The van der Waals surface area contributed by atoms with Gasteiger partial charge in [-0.05, 0) is 24.6 Å². The minimum Gasteiger partial charge on any atom is -0.462 e. The number of rotatable bonds is 7.